The third-order valence-corrected chi connectivity index (χ3v) is 5.54. The van der Waals surface area contributed by atoms with Crippen molar-refractivity contribution in [1.82, 2.24) is 10.6 Å². The van der Waals surface area contributed by atoms with Crippen LogP contribution in [0.25, 0.3) is 0 Å². The number of hydrogen-bond acceptors (Lipinski definition) is 3. The Kier molecular flexibility index (Phi) is 10.2. The fourth-order valence-corrected chi connectivity index (χ4v) is 3.72. The first-order valence-electron chi connectivity index (χ1n) is 10.7. The minimum absolute atomic E-state index is 0.0429. The predicted molar refractivity (Wildman–Crippen MR) is 116 cm³/mol. The summed E-state index contributed by atoms with van der Waals surface area (Å²) in [7, 11) is 0. The lowest BCUT2D eigenvalue weighted by atomic mass is 9.95. The Hall–Kier alpha value is -1.75. The van der Waals surface area contributed by atoms with Gasteiger partial charge in [-0.15, -0.1) is 0 Å². The van der Waals surface area contributed by atoms with Crippen molar-refractivity contribution in [1.29, 1.82) is 0 Å². The summed E-state index contributed by atoms with van der Waals surface area (Å²) in [5.41, 5.74) is 1.17. The van der Waals surface area contributed by atoms with E-state index in [1.54, 1.807) is 18.2 Å². The van der Waals surface area contributed by atoms with E-state index in [-0.39, 0.29) is 24.4 Å². The Labute approximate surface area is 174 Å². The van der Waals surface area contributed by atoms with Crippen LogP contribution in [0.2, 0.25) is 5.02 Å². The predicted octanol–water partition coefficient (Wildman–Crippen LogP) is 4.90. The lowest BCUT2D eigenvalue weighted by Gasteiger charge is -2.23. The number of amides is 2. The van der Waals surface area contributed by atoms with E-state index in [0.29, 0.717) is 17.1 Å². The van der Waals surface area contributed by atoms with Crippen molar-refractivity contribution >= 4 is 29.1 Å². The van der Waals surface area contributed by atoms with Gasteiger partial charge in [0, 0.05) is 18.3 Å². The molecular formula is C22H34ClN3O2. The quantitative estimate of drug-likeness (QED) is 0.457. The van der Waals surface area contributed by atoms with Crippen LogP contribution in [0.3, 0.4) is 0 Å². The molecule has 0 spiro atoms. The summed E-state index contributed by atoms with van der Waals surface area (Å²) < 4.78 is 0. The van der Waals surface area contributed by atoms with Crippen LogP contribution < -0.4 is 16.0 Å². The molecule has 1 aliphatic carbocycles. The van der Waals surface area contributed by atoms with Gasteiger partial charge in [-0.1, -0.05) is 63.5 Å². The van der Waals surface area contributed by atoms with Crippen LogP contribution in [0.1, 0.15) is 81.5 Å². The molecule has 0 unspecified atom stereocenters. The van der Waals surface area contributed by atoms with E-state index in [2.05, 4.69) is 22.9 Å². The van der Waals surface area contributed by atoms with Gasteiger partial charge in [-0.3, -0.25) is 9.59 Å². The number of rotatable bonds is 11. The zero-order valence-electron chi connectivity index (χ0n) is 17.0. The molecule has 1 saturated carbocycles. The van der Waals surface area contributed by atoms with Crippen molar-refractivity contribution in [2.45, 2.75) is 77.2 Å². The van der Waals surface area contributed by atoms with Gasteiger partial charge in [-0.25, -0.2) is 0 Å². The van der Waals surface area contributed by atoms with Crippen molar-refractivity contribution in [2.24, 2.45) is 0 Å². The van der Waals surface area contributed by atoms with Gasteiger partial charge in [0.2, 0.25) is 5.91 Å². The molecule has 0 atom stereocenters. The van der Waals surface area contributed by atoms with Crippen LogP contribution in [0.15, 0.2) is 18.2 Å². The van der Waals surface area contributed by atoms with Crippen molar-refractivity contribution < 1.29 is 9.59 Å². The molecule has 6 heteroatoms. The van der Waals surface area contributed by atoms with Crippen LogP contribution in [-0.2, 0) is 4.79 Å². The molecule has 2 rings (SSSR count). The van der Waals surface area contributed by atoms with Crippen molar-refractivity contribution in [3.8, 4) is 0 Å². The molecule has 3 N–H and O–H groups in total. The van der Waals surface area contributed by atoms with E-state index in [1.165, 1.54) is 25.7 Å². The number of unbranched alkanes of at least 4 members (excludes halogenated alkanes) is 4. The van der Waals surface area contributed by atoms with Gasteiger partial charge >= 0.3 is 0 Å². The van der Waals surface area contributed by atoms with Gasteiger partial charge in [-0.2, -0.15) is 0 Å². The number of anilines is 1. The summed E-state index contributed by atoms with van der Waals surface area (Å²) in [6.45, 7) is 3.08. The van der Waals surface area contributed by atoms with Crippen molar-refractivity contribution in [3.63, 3.8) is 0 Å². The molecule has 1 aliphatic rings. The third-order valence-electron chi connectivity index (χ3n) is 5.21. The molecule has 156 valence electrons. The first kappa shape index (κ1) is 22.5. The minimum atomic E-state index is -0.142. The smallest absolute Gasteiger partial charge is 0.253 e. The number of carbonyl (C=O) groups is 2. The van der Waals surface area contributed by atoms with Gasteiger partial charge in [0.05, 0.1) is 17.1 Å². The average molecular weight is 408 g/mol. The average Bonchev–Trinajstić information content (AvgIpc) is 2.70. The van der Waals surface area contributed by atoms with Gasteiger partial charge < -0.3 is 16.0 Å². The third kappa shape index (κ3) is 8.09. The Balaban J connectivity index is 1.77. The van der Waals surface area contributed by atoms with Crippen molar-refractivity contribution in [2.75, 3.05) is 18.4 Å². The minimum Gasteiger partial charge on any atom is -0.376 e. The summed E-state index contributed by atoms with van der Waals surface area (Å²) in [4.78, 5) is 24.5. The molecule has 0 aliphatic heterocycles. The number of carbonyl (C=O) groups excluding carboxylic acids is 2. The summed E-state index contributed by atoms with van der Waals surface area (Å²) in [5, 5.41) is 9.52. The zero-order valence-corrected chi connectivity index (χ0v) is 17.7. The SMILES string of the molecule is CCCCCCCNC(=O)CNc1ccc(Cl)c(C(=O)NC2CCCCC2)c1. The Morgan fingerprint density at radius 1 is 1.07 bits per heavy atom. The molecule has 1 fully saturated rings. The summed E-state index contributed by atoms with van der Waals surface area (Å²) in [5.74, 6) is -0.185. The second-order valence-corrected chi connectivity index (χ2v) is 8.03. The Morgan fingerprint density at radius 3 is 2.57 bits per heavy atom. The molecule has 5 nitrogen and oxygen atoms in total. The molecule has 0 bridgehead atoms. The van der Waals surface area contributed by atoms with Crippen molar-refractivity contribution in [3.05, 3.63) is 28.8 Å². The summed E-state index contributed by atoms with van der Waals surface area (Å²) >= 11 is 6.22. The van der Waals surface area contributed by atoms with Crippen LogP contribution in [0.4, 0.5) is 5.69 Å². The zero-order chi connectivity index (χ0) is 20.2. The summed E-state index contributed by atoms with van der Waals surface area (Å²) in [6.07, 6.45) is 11.5. The van der Waals surface area contributed by atoms with Crippen LogP contribution in [0.5, 0.6) is 0 Å². The maximum atomic E-state index is 12.6. The molecular weight excluding hydrogens is 374 g/mol. The highest BCUT2D eigenvalue weighted by Gasteiger charge is 2.18. The number of nitrogens with one attached hydrogen (secondary N) is 3. The molecule has 0 radical (unpaired) electrons. The monoisotopic (exact) mass is 407 g/mol. The van der Waals surface area contributed by atoms with E-state index in [1.807, 2.05) is 0 Å². The largest absolute Gasteiger partial charge is 0.376 e. The van der Waals surface area contributed by atoms with E-state index >= 15 is 0 Å². The first-order chi connectivity index (χ1) is 13.6. The number of hydrogen-bond donors (Lipinski definition) is 3. The lowest BCUT2D eigenvalue weighted by molar-refractivity contribution is -0.119. The van der Waals surface area contributed by atoms with Gasteiger partial charge in [0.25, 0.3) is 5.91 Å². The normalized spacial score (nSPS) is 14.5. The van der Waals surface area contributed by atoms with E-state index in [4.69, 9.17) is 11.6 Å². The molecule has 1 aromatic carbocycles. The first-order valence-corrected chi connectivity index (χ1v) is 11.1. The van der Waals surface area contributed by atoms with Crippen LogP contribution in [-0.4, -0.2) is 30.9 Å². The highest BCUT2D eigenvalue weighted by atomic mass is 35.5. The second kappa shape index (κ2) is 12.7. The molecule has 28 heavy (non-hydrogen) atoms. The maximum absolute atomic E-state index is 12.6. The van der Waals surface area contributed by atoms with E-state index < -0.39 is 0 Å². The fraction of sp³-hybridized carbons (Fsp3) is 0.636. The van der Waals surface area contributed by atoms with E-state index in [9.17, 15) is 9.59 Å². The van der Waals surface area contributed by atoms with Gasteiger partial charge in [-0.05, 0) is 37.5 Å². The summed E-state index contributed by atoms with van der Waals surface area (Å²) in [6, 6.07) is 5.44. The highest BCUT2D eigenvalue weighted by molar-refractivity contribution is 6.34. The molecule has 0 aromatic heterocycles. The topological polar surface area (TPSA) is 70.2 Å². The van der Waals surface area contributed by atoms with Crippen LogP contribution >= 0.6 is 11.6 Å². The van der Waals surface area contributed by atoms with Crippen LogP contribution in [0, 0.1) is 0 Å². The highest BCUT2D eigenvalue weighted by Crippen LogP contribution is 2.22. The molecule has 2 amide bonds. The second-order valence-electron chi connectivity index (χ2n) is 7.62. The van der Waals surface area contributed by atoms with E-state index in [0.717, 1.165) is 44.2 Å². The Morgan fingerprint density at radius 2 is 1.82 bits per heavy atom. The maximum Gasteiger partial charge on any atom is 0.253 e. The molecule has 1 aromatic rings. The molecule has 0 heterocycles. The number of halogens is 1. The fourth-order valence-electron chi connectivity index (χ4n) is 3.52. The lowest BCUT2D eigenvalue weighted by Crippen LogP contribution is -2.36. The Bertz CT molecular complexity index is 630. The number of benzene rings is 1. The van der Waals surface area contributed by atoms with Gasteiger partial charge in [0.15, 0.2) is 0 Å². The molecule has 0 saturated heterocycles. The van der Waals surface area contributed by atoms with Gasteiger partial charge in [0.1, 0.15) is 0 Å². The standard InChI is InChI=1S/C22H34ClN3O2/c1-2-3-4-5-9-14-24-21(27)16-25-18-12-13-20(23)19(15-18)22(28)26-17-10-7-6-8-11-17/h12-13,15,17,25H,2-11,14,16H2,1H3,(H,24,27)(H,26,28).